The lowest BCUT2D eigenvalue weighted by molar-refractivity contribution is -0.116. The summed E-state index contributed by atoms with van der Waals surface area (Å²) in [6, 6.07) is 12.8. The molecule has 1 aliphatic rings. The Hall–Kier alpha value is -1.98. The van der Waals surface area contributed by atoms with Gasteiger partial charge in [-0.3, -0.25) is 9.59 Å². The zero-order valence-corrected chi connectivity index (χ0v) is 14.0. The van der Waals surface area contributed by atoms with E-state index in [0.717, 1.165) is 16.1 Å². The molecular weight excluding hydrogens is 332 g/mol. The summed E-state index contributed by atoms with van der Waals surface area (Å²) >= 11 is 7.55. The van der Waals surface area contributed by atoms with Crippen LogP contribution in [0.3, 0.4) is 0 Å². The lowest BCUT2D eigenvalue weighted by Gasteiger charge is -2.21. The van der Waals surface area contributed by atoms with E-state index < -0.39 is 0 Å². The molecule has 0 fully saturated rings. The largest absolute Gasteiger partial charge is 0.324 e. The Balaban J connectivity index is 1.71. The highest BCUT2D eigenvalue weighted by molar-refractivity contribution is 8.00. The molecule has 6 heteroatoms. The lowest BCUT2D eigenvalue weighted by atomic mass is 10.1. The highest BCUT2D eigenvalue weighted by Crippen LogP contribution is 2.36. The second-order valence-corrected chi connectivity index (χ2v) is 7.07. The minimum atomic E-state index is -0.152. The number of nitrogens with one attached hydrogen (secondary N) is 2. The Morgan fingerprint density at radius 1 is 1.30 bits per heavy atom. The molecule has 0 spiro atoms. The molecule has 3 rings (SSSR count). The molecular formula is C17H15ClN2O2S. The Morgan fingerprint density at radius 2 is 2.09 bits per heavy atom. The monoisotopic (exact) mass is 346 g/mol. The number of hydrogen-bond donors (Lipinski definition) is 2. The van der Waals surface area contributed by atoms with Crippen LogP contribution in [0.25, 0.3) is 0 Å². The van der Waals surface area contributed by atoms with Gasteiger partial charge in [-0.25, -0.2) is 0 Å². The van der Waals surface area contributed by atoms with Crippen molar-refractivity contribution in [2.24, 2.45) is 0 Å². The molecule has 0 aromatic heterocycles. The van der Waals surface area contributed by atoms with E-state index in [1.807, 2.05) is 37.3 Å². The number of carbonyl (C=O) groups excluding carboxylic acids is 2. The number of anilines is 2. The second-order valence-electron chi connectivity index (χ2n) is 5.28. The van der Waals surface area contributed by atoms with Gasteiger partial charge in [-0.2, -0.15) is 0 Å². The molecule has 2 aromatic carbocycles. The highest BCUT2D eigenvalue weighted by atomic mass is 35.5. The highest BCUT2D eigenvalue weighted by Gasteiger charge is 2.23. The lowest BCUT2D eigenvalue weighted by Crippen LogP contribution is -2.26. The van der Waals surface area contributed by atoms with Crippen LogP contribution < -0.4 is 10.6 Å². The maximum Gasteiger partial charge on any atom is 0.237 e. The molecule has 2 N–H and O–H groups in total. The minimum absolute atomic E-state index is 0.0137. The van der Waals surface area contributed by atoms with Crippen molar-refractivity contribution in [3.05, 3.63) is 53.1 Å². The zero-order chi connectivity index (χ0) is 16.4. The smallest absolute Gasteiger partial charge is 0.237 e. The summed E-state index contributed by atoms with van der Waals surface area (Å²) in [5.74, 6) is -0.165. The van der Waals surface area contributed by atoms with Crippen LogP contribution in [-0.4, -0.2) is 17.1 Å². The number of thioether (sulfide) groups is 1. The molecule has 0 saturated heterocycles. The van der Waals surface area contributed by atoms with Crippen LogP contribution in [0.2, 0.25) is 5.02 Å². The maximum atomic E-state index is 12.2. The normalized spacial score (nSPS) is 16.4. The number of amides is 2. The van der Waals surface area contributed by atoms with Crippen LogP contribution in [0.1, 0.15) is 12.5 Å². The van der Waals surface area contributed by atoms with Gasteiger partial charge in [0.15, 0.2) is 0 Å². The number of carbonyl (C=O) groups is 2. The van der Waals surface area contributed by atoms with Gasteiger partial charge in [0.1, 0.15) is 0 Å². The third kappa shape index (κ3) is 3.68. The Labute approximate surface area is 143 Å². The molecule has 1 heterocycles. The molecule has 0 aliphatic carbocycles. The van der Waals surface area contributed by atoms with Gasteiger partial charge in [0.25, 0.3) is 0 Å². The van der Waals surface area contributed by atoms with Gasteiger partial charge in [0.2, 0.25) is 11.8 Å². The molecule has 0 saturated carbocycles. The second kappa shape index (κ2) is 6.64. The predicted octanol–water partition coefficient (Wildman–Crippen LogP) is 3.95. The summed E-state index contributed by atoms with van der Waals surface area (Å²) in [6.07, 6.45) is 0.217. The first-order valence-corrected chi connectivity index (χ1v) is 8.43. The molecule has 1 atom stereocenters. The maximum absolute atomic E-state index is 12.2. The fourth-order valence-electron chi connectivity index (χ4n) is 2.31. The van der Waals surface area contributed by atoms with Crippen molar-refractivity contribution in [3.63, 3.8) is 0 Å². The van der Waals surface area contributed by atoms with E-state index in [1.54, 1.807) is 12.1 Å². The van der Waals surface area contributed by atoms with Crippen molar-refractivity contribution in [2.75, 3.05) is 10.6 Å². The third-order valence-corrected chi connectivity index (χ3v) is 4.99. The van der Waals surface area contributed by atoms with Crippen molar-refractivity contribution in [1.82, 2.24) is 0 Å². The van der Waals surface area contributed by atoms with Crippen LogP contribution in [0.5, 0.6) is 0 Å². The van der Waals surface area contributed by atoms with Gasteiger partial charge in [0, 0.05) is 4.90 Å². The summed E-state index contributed by atoms with van der Waals surface area (Å²) in [6.45, 7) is 1.87. The third-order valence-electron chi connectivity index (χ3n) is 3.49. The summed E-state index contributed by atoms with van der Waals surface area (Å²) in [4.78, 5) is 24.9. The van der Waals surface area contributed by atoms with E-state index in [-0.39, 0.29) is 23.5 Å². The number of hydrogen-bond acceptors (Lipinski definition) is 3. The van der Waals surface area contributed by atoms with E-state index >= 15 is 0 Å². The van der Waals surface area contributed by atoms with Crippen LogP contribution >= 0.6 is 23.4 Å². The van der Waals surface area contributed by atoms with Gasteiger partial charge in [-0.15, -0.1) is 11.8 Å². The number of rotatable bonds is 3. The van der Waals surface area contributed by atoms with Gasteiger partial charge in [0.05, 0.1) is 28.1 Å². The average molecular weight is 347 g/mol. The fourth-order valence-corrected chi connectivity index (χ4v) is 3.42. The van der Waals surface area contributed by atoms with Crippen LogP contribution in [-0.2, 0) is 16.0 Å². The summed E-state index contributed by atoms with van der Waals surface area (Å²) in [5.41, 5.74) is 2.19. The topological polar surface area (TPSA) is 58.2 Å². The number of para-hydroxylation sites is 1. The van der Waals surface area contributed by atoms with Crippen molar-refractivity contribution in [2.45, 2.75) is 23.5 Å². The number of benzene rings is 2. The molecule has 0 radical (unpaired) electrons. The van der Waals surface area contributed by atoms with E-state index in [4.69, 9.17) is 11.6 Å². The molecule has 0 bridgehead atoms. The van der Waals surface area contributed by atoms with E-state index in [1.165, 1.54) is 11.8 Å². The molecule has 1 aliphatic heterocycles. The molecule has 2 aromatic rings. The first-order valence-electron chi connectivity index (χ1n) is 7.18. The van der Waals surface area contributed by atoms with Gasteiger partial charge < -0.3 is 10.6 Å². The van der Waals surface area contributed by atoms with Gasteiger partial charge >= 0.3 is 0 Å². The SMILES string of the molecule is CC1Sc2ccc(CC(=O)Nc3ccccc3Cl)cc2NC1=O. The van der Waals surface area contributed by atoms with Crippen LogP contribution in [0.4, 0.5) is 11.4 Å². The zero-order valence-electron chi connectivity index (χ0n) is 12.4. The summed E-state index contributed by atoms with van der Waals surface area (Å²) in [7, 11) is 0. The summed E-state index contributed by atoms with van der Waals surface area (Å²) < 4.78 is 0. The van der Waals surface area contributed by atoms with Crippen LogP contribution in [0.15, 0.2) is 47.4 Å². The molecule has 118 valence electrons. The van der Waals surface area contributed by atoms with Gasteiger partial charge in [-0.1, -0.05) is 29.8 Å². The summed E-state index contributed by atoms with van der Waals surface area (Å²) in [5, 5.41) is 6.06. The Kier molecular flexibility index (Phi) is 4.59. The van der Waals surface area contributed by atoms with Gasteiger partial charge in [-0.05, 0) is 36.8 Å². The van der Waals surface area contributed by atoms with E-state index in [0.29, 0.717) is 10.7 Å². The first kappa shape index (κ1) is 15.9. The molecule has 4 nitrogen and oxygen atoms in total. The van der Waals surface area contributed by atoms with E-state index in [2.05, 4.69) is 10.6 Å². The minimum Gasteiger partial charge on any atom is -0.324 e. The number of halogens is 1. The van der Waals surface area contributed by atoms with Crippen molar-refractivity contribution in [1.29, 1.82) is 0 Å². The molecule has 2 amide bonds. The first-order chi connectivity index (χ1) is 11.0. The van der Waals surface area contributed by atoms with Crippen LogP contribution in [0, 0.1) is 0 Å². The quantitative estimate of drug-likeness (QED) is 0.884. The Bertz CT molecular complexity index is 779. The standard InChI is InChI=1S/C17H15ClN2O2S/c1-10-17(22)20-14-8-11(6-7-15(14)23-10)9-16(21)19-13-5-3-2-4-12(13)18/h2-8,10H,9H2,1H3,(H,19,21)(H,20,22). The average Bonchev–Trinajstić information content (AvgIpc) is 2.51. The Morgan fingerprint density at radius 3 is 2.87 bits per heavy atom. The van der Waals surface area contributed by atoms with Crippen molar-refractivity contribution in [3.8, 4) is 0 Å². The number of fused-ring (bicyclic) bond motifs is 1. The van der Waals surface area contributed by atoms with Crippen molar-refractivity contribution >= 4 is 46.6 Å². The van der Waals surface area contributed by atoms with Crippen molar-refractivity contribution < 1.29 is 9.59 Å². The molecule has 23 heavy (non-hydrogen) atoms. The molecule has 1 unspecified atom stereocenters. The predicted molar refractivity (Wildman–Crippen MR) is 94.2 cm³/mol. The van der Waals surface area contributed by atoms with E-state index in [9.17, 15) is 9.59 Å². The fraction of sp³-hybridized carbons (Fsp3) is 0.176.